The van der Waals surface area contributed by atoms with Crippen LogP contribution < -0.4 is 10.6 Å². The lowest BCUT2D eigenvalue weighted by atomic mass is 10.0. The Kier molecular flexibility index (Phi) is 8.50. The Labute approximate surface area is 314 Å². The van der Waals surface area contributed by atoms with Gasteiger partial charge in [0.25, 0.3) is 0 Å². The lowest BCUT2D eigenvalue weighted by Crippen LogP contribution is -2.40. The van der Waals surface area contributed by atoms with Gasteiger partial charge in [0.15, 0.2) is 0 Å². The number of nitrogens with zero attached hydrogens (tertiary/aromatic N) is 8. The number of para-hydroxylation sites is 2. The largest absolute Gasteiger partial charge is 0.326 e. The molecule has 8 rings (SSSR count). The summed E-state index contributed by atoms with van der Waals surface area (Å²) in [7, 11) is 0. The van der Waals surface area contributed by atoms with Crippen molar-refractivity contribution < 1.29 is 18.4 Å². The molecule has 0 fully saturated rings. The van der Waals surface area contributed by atoms with Crippen LogP contribution in [0.15, 0.2) is 85.5 Å². The van der Waals surface area contributed by atoms with Crippen LogP contribution in [0, 0.1) is 25.5 Å². The van der Waals surface area contributed by atoms with Crippen molar-refractivity contribution in [3.63, 3.8) is 0 Å². The summed E-state index contributed by atoms with van der Waals surface area (Å²) in [5.41, 5.74) is 4.17. The van der Waals surface area contributed by atoms with Gasteiger partial charge in [-0.3, -0.25) is 9.59 Å². The highest BCUT2D eigenvalue weighted by atomic mass is 19.1. The van der Waals surface area contributed by atoms with E-state index in [0.29, 0.717) is 22.4 Å². The smallest absolute Gasteiger partial charge is 0.250 e. The van der Waals surface area contributed by atoms with E-state index in [1.165, 1.54) is 46.1 Å². The van der Waals surface area contributed by atoms with Gasteiger partial charge in [0.05, 0.1) is 45.8 Å². The number of hydrogen-bond acceptors (Lipinski definition) is 6. The van der Waals surface area contributed by atoms with Crippen LogP contribution in [-0.4, -0.2) is 50.0 Å². The number of rotatable bonds is 8. The van der Waals surface area contributed by atoms with Crippen LogP contribution in [0.5, 0.6) is 0 Å². The monoisotopic (exact) mass is 742 g/mol. The Morgan fingerprint density at radius 3 is 1.62 bits per heavy atom. The molecule has 55 heavy (non-hydrogen) atoms. The van der Waals surface area contributed by atoms with Gasteiger partial charge in [-0.05, 0) is 109 Å². The number of benzene rings is 4. The van der Waals surface area contributed by atoms with Crippen molar-refractivity contribution in [3.8, 4) is 0 Å². The number of hydrogen-bond donors (Lipinski definition) is 2. The predicted molar refractivity (Wildman–Crippen MR) is 209 cm³/mol. The number of aryl methyl sites for hydroxylation is 2. The molecule has 0 saturated carbocycles. The highest BCUT2D eigenvalue weighted by molar-refractivity contribution is 6.04. The van der Waals surface area contributed by atoms with E-state index in [1.807, 2.05) is 26.0 Å². The Morgan fingerprint density at radius 2 is 1.13 bits per heavy atom. The molecular formula is C41H40F2N10O2. The molecule has 4 heterocycles. The molecule has 0 aliphatic heterocycles. The third kappa shape index (κ3) is 6.07. The first-order valence-electron chi connectivity index (χ1n) is 18.0. The van der Waals surface area contributed by atoms with Crippen LogP contribution in [0.2, 0.25) is 0 Å². The van der Waals surface area contributed by atoms with E-state index >= 15 is 8.78 Å². The zero-order chi connectivity index (χ0) is 38.9. The standard InChI is InChI=1S/C41H40F2N10O2/c1-22(2)52-23(3)46-31-18-25(14-16-33(31)52)48-39(54)37(50-20-44-29-12-8-10-27(42)35(29)50)38(51-21-45-30-13-9-11-28(43)36(30)51)40(55)49-26-15-17-34-32(19-26)47-24(4)53(34)41(5,6)7/h8-22,37-38H,1-7H3,(H,48,54)(H,49,55). The van der Waals surface area contributed by atoms with E-state index in [0.717, 1.165) is 22.7 Å². The Balaban J connectivity index is 1.28. The third-order valence-corrected chi connectivity index (χ3v) is 9.94. The highest BCUT2D eigenvalue weighted by Crippen LogP contribution is 2.35. The van der Waals surface area contributed by atoms with Gasteiger partial charge in [-0.25, -0.2) is 28.7 Å². The number of aromatic nitrogens is 8. The van der Waals surface area contributed by atoms with Crippen LogP contribution in [-0.2, 0) is 15.1 Å². The van der Waals surface area contributed by atoms with Gasteiger partial charge in [0.1, 0.15) is 46.4 Å². The number of anilines is 2. The molecule has 4 aromatic carbocycles. The number of carbonyl (C=O) groups is 2. The third-order valence-electron chi connectivity index (χ3n) is 9.94. The van der Waals surface area contributed by atoms with Gasteiger partial charge in [-0.15, -0.1) is 0 Å². The fourth-order valence-electron chi connectivity index (χ4n) is 7.86. The lowest BCUT2D eigenvalue weighted by molar-refractivity contribution is -0.127. The van der Waals surface area contributed by atoms with E-state index in [9.17, 15) is 9.59 Å². The zero-order valence-electron chi connectivity index (χ0n) is 31.5. The van der Waals surface area contributed by atoms with E-state index in [4.69, 9.17) is 9.97 Å². The molecule has 2 unspecified atom stereocenters. The van der Waals surface area contributed by atoms with Crippen molar-refractivity contribution >= 4 is 67.3 Å². The topological polar surface area (TPSA) is 129 Å². The fraction of sp³-hybridized carbons (Fsp3) is 0.268. The predicted octanol–water partition coefficient (Wildman–Crippen LogP) is 8.38. The first kappa shape index (κ1) is 35.6. The zero-order valence-corrected chi connectivity index (χ0v) is 31.5. The van der Waals surface area contributed by atoms with Crippen LogP contribution >= 0.6 is 0 Å². The minimum atomic E-state index is -1.52. The highest BCUT2D eigenvalue weighted by Gasteiger charge is 2.40. The van der Waals surface area contributed by atoms with E-state index in [-0.39, 0.29) is 33.6 Å². The van der Waals surface area contributed by atoms with Gasteiger partial charge >= 0.3 is 0 Å². The van der Waals surface area contributed by atoms with Crippen molar-refractivity contribution in [1.29, 1.82) is 0 Å². The minimum absolute atomic E-state index is 0.00305. The molecule has 0 saturated heterocycles. The molecule has 2 N–H and O–H groups in total. The SMILES string of the molecule is Cc1nc2cc(NC(=O)C(C(C(=O)Nc3ccc4c(c3)nc(C)n4C(C)(C)C)n3cnc4cccc(F)c43)n3cnc4cccc(F)c43)ccc2n1C(C)C. The van der Waals surface area contributed by atoms with Crippen molar-refractivity contribution in [2.75, 3.05) is 10.6 Å². The van der Waals surface area contributed by atoms with Gasteiger partial charge in [-0.1, -0.05) is 12.1 Å². The van der Waals surface area contributed by atoms with Gasteiger partial charge in [0.2, 0.25) is 11.8 Å². The number of halogens is 2. The van der Waals surface area contributed by atoms with E-state index < -0.39 is 35.5 Å². The second-order valence-electron chi connectivity index (χ2n) is 15.1. The van der Waals surface area contributed by atoms with Gasteiger partial charge < -0.3 is 28.9 Å². The maximum absolute atomic E-state index is 15.8. The van der Waals surface area contributed by atoms with E-state index in [2.05, 4.69) is 64.4 Å². The Morgan fingerprint density at radius 1 is 0.655 bits per heavy atom. The summed E-state index contributed by atoms with van der Waals surface area (Å²) in [6.45, 7) is 14.2. The molecule has 2 amide bonds. The van der Waals surface area contributed by atoms with Crippen molar-refractivity contribution in [1.82, 2.24) is 38.2 Å². The summed E-state index contributed by atoms with van der Waals surface area (Å²) in [5, 5.41) is 5.92. The number of nitrogens with one attached hydrogen (secondary N) is 2. The molecule has 0 aliphatic carbocycles. The average molecular weight is 743 g/mol. The number of imidazole rings is 4. The number of fused-ring (bicyclic) bond motifs is 4. The molecular weight excluding hydrogens is 703 g/mol. The minimum Gasteiger partial charge on any atom is -0.326 e. The summed E-state index contributed by atoms with van der Waals surface area (Å²) in [4.78, 5) is 48.0. The van der Waals surface area contributed by atoms with Crippen LogP contribution in [0.4, 0.5) is 20.2 Å². The molecule has 12 nitrogen and oxygen atoms in total. The molecule has 2 atom stereocenters. The molecule has 8 aromatic rings. The molecule has 280 valence electrons. The number of carbonyl (C=O) groups excluding carboxylic acids is 2. The van der Waals surface area contributed by atoms with Crippen molar-refractivity contribution in [2.24, 2.45) is 0 Å². The Bertz CT molecular complexity index is 2800. The normalized spacial score (nSPS) is 13.3. The Hall–Kier alpha value is -6.44. The van der Waals surface area contributed by atoms with Crippen molar-refractivity contribution in [3.05, 3.63) is 109 Å². The van der Waals surface area contributed by atoms with E-state index in [1.54, 1.807) is 36.4 Å². The molecule has 0 spiro atoms. The second-order valence-corrected chi connectivity index (χ2v) is 15.1. The maximum atomic E-state index is 15.8. The first-order chi connectivity index (χ1) is 26.2. The molecule has 0 aliphatic rings. The van der Waals surface area contributed by atoms with Gasteiger partial charge in [-0.2, -0.15) is 0 Å². The molecule has 14 heteroatoms. The summed E-state index contributed by atoms with van der Waals surface area (Å²) < 4.78 is 38.4. The second kappa shape index (κ2) is 13.1. The quantitative estimate of drug-likeness (QED) is 0.161. The van der Waals surface area contributed by atoms with Crippen LogP contribution in [0.1, 0.15) is 64.4 Å². The fourth-order valence-corrected chi connectivity index (χ4v) is 7.86. The molecule has 0 bridgehead atoms. The van der Waals surface area contributed by atoms with Crippen LogP contribution in [0.25, 0.3) is 44.1 Å². The van der Waals surface area contributed by atoms with Gasteiger partial charge in [0, 0.05) is 23.0 Å². The molecule has 4 aromatic heterocycles. The first-order valence-corrected chi connectivity index (χ1v) is 18.0. The van der Waals surface area contributed by atoms with Crippen LogP contribution in [0.3, 0.4) is 0 Å². The summed E-state index contributed by atoms with van der Waals surface area (Å²) in [6, 6.07) is 16.6. The molecule has 0 radical (unpaired) electrons. The maximum Gasteiger partial charge on any atom is 0.250 e. The summed E-state index contributed by atoms with van der Waals surface area (Å²) >= 11 is 0. The van der Waals surface area contributed by atoms with Crippen molar-refractivity contribution in [2.45, 2.75) is 72.1 Å². The summed E-state index contributed by atoms with van der Waals surface area (Å²) in [5.74, 6) is -1.06. The summed E-state index contributed by atoms with van der Waals surface area (Å²) in [6.07, 6.45) is 2.64. The average Bonchev–Trinajstić information content (AvgIpc) is 3.89. The number of amides is 2. The lowest BCUT2D eigenvalue weighted by Gasteiger charge is -2.29.